The minimum atomic E-state index is -0.192. The Hall–Kier alpha value is -5.75. The van der Waals surface area contributed by atoms with Gasteiger partial charge in [0.15, 0.2) is 5.58 Å². The molecule has 0 saturated heterocycles. The van der Waals surface area contributed by atoms with Crippen molar-refractivity contribution in [3.63, 3.8) is 0 Å². The molecule has 2 N–H and O–H groups in total. The number of aliphatic imine (C=N–C) groups is 1. The topological polar surface area (TPSA) is 56.5 Å². The molecule has 0 spiro atoms. The lowest BCUT2D eigenvalue weighted by atomic mass is 9.98. The summed E-state index contributed by atoms with van der Waals surface area (Å²) in [6.07, 6.45) is 0. The fourth-order valence-electron chi connectivity index (χ4n) is 7.68. The Bertz CT molecular complexity index is 2840. The molecule has 0 aliphatic carbocycles. The Morgan fingerprint density at radius 3 is 1.94 bits per heavy atom. The summed E-state index contributed by atoms with van der Waals surface area (Å²) in [5.41, 5.74) is 10.7. The lowest BCUT2D eigenvalue weighted by molar-refractivity contribution is 0.665. The molecule has 1 unspecified atom stereocenters. The van der Waals surface area contributed by atoms with Gasteiger partial charge in [-0.05, 0) is 47.6 Å². The fraction of sp³-hybridized carbons (Fsp3) is 0.0889. The monoisotopic (exact) mass is 667 g/mol. The molecule has 0 fully saturated rings. The maximum absolute atomic E-state index is 6.94. The quantitative estimate of drug-likeness (QED) is 0.190. The molecule has 7 aromatic carbocycles. The Morgan fingerprint density at radius 1 is 0.600 bits per heavy atom. The van der Waals surface area contributed by atoms with E-state index in [2.05, 4.69) is 157 Å². The van der Waals surface area contributed by atoms with Crippen molar-refractivity contribution < 1.29 is 4.42 Å². The molecule has 0 bridgehead atoms. The van der Waals surface area contributed by atoms with Gasteiger partial charge < -0.3 is 14.7 Å². The average molecular weight is 668 g/mol. The second kappa shape index (κ2) is 12.9. The average Bonchev–Trinajstić information content (AvgIpc) is 3.87. The van der Waals surface area contributed by atoms with Gasteiger partial charge in [-0.1, -0.05) is 141 Å². The molecule has 1 atom stereocenters. The third-order valence-corrected chi connectivity index (χ3v) is 10.8. The first-order valence-electron chi connectivity index (χ1n) is 17.1. The summed E-state index contributed by atoms with van der Waals surface area (Å²) >= 11 is 1.80. The van der Waals surface area contributed by atoms with Crippen LogP contribution in [-0.2, 0) is 0 Å². The number of benzene rings is 7. The van der Waals surface area contributed by atoms with Crippen LogP contribution in [0.3, 0.4) is 0 Å². The highest BCUT2D eigenvalue weighted by Crippen LogP contribution is 2.51. The lowest BCUT2D eigenvalue weighted by Gasteiger charge is -2.23. The SMILES string of the molecule is C=Nc1c(C(c2ccccc2)n2c3c4ccccc4ccc3c3c4ccccc4c4c5ccccc5oc4c32)sc2ccccc12.CC.CN. The molecule has 50 heavy (non-hydrogen) atoms. The molecule has 0 amide bonds. The molecule has 3 aromatic heterocycles. The van der Waals surface area contributed by atoms with Crippen LogP contribution in [-0.4, -0.2) is 18.3 Å². The molecule has 0 radical (unpaired) electrons. The van der Waals surface area contributed by atoms with Crippen molar-refractivity contribution in [2.24, 2.45) is 10.7 Å². The van der Waals surface area contributed by atoms with Gasteiger partial charge >= 0.3 is 0 Å². The van der Waals surface area contributed by atoms with Gasteiger partial charge in [-0.2, -0.15) is 0 Å². The lowest BCUT2D eigenvalue weighted by Crippen LogP contribution is -2.11. The summed E-state index contributed by atoms with van der Waals surface area (Å²) in [7, 11) is 1.50. The summed E-state index contributed by atoms with van der Waals surface area (Å²) in [5, 5.41) is 10.7. The predicted molar refractivity (Wildman–Crippen MR) is 218 cm³/mol. The van der Waals surface area contributed by atoms with E-state index in [4.69, 9.17) is 9.41 Å². The highest BCUT2D eigenvalue weighted by atomic mass is 32.1. The number of nitrogens with zero attached hydrogens (tertiary/aromatic N) is 2. The van der Waals surface area contributed by atoms with E-state index in [-0.39, 0.29) is 6.04 Å². The zero-order valence-corrected chi connectivity index (χ0v) is 29.2. The highest BCUT2D eigenvalue weighted by molar-refractivity contribution is 7.19. The van der Waals surface area contributed by atoms with E-state index < -0.39 is 0 Å². The van der Waals surface area contributed by atoms with Crippen LogP contribution in [0.25, 0.3) is 75.4 Å². The number of thiophene rings is 1. The zero-order valence-electron chi connectivity index (χ0n) is 28.4. The smallest absolute Gasteiger partial charge is 0.160 e. The summed E-state index contributed by atoms with van der Waals surface area (Å²) in [4.78, 5) is 5.87. The van der Waals surface area contributed by atoms with E-state index in [1.807, 2.05) is 13.8 Å². The Kier molecular flexibility index (Phi) is 8.15. The summed E-state index contributed by atoms with van der Waals surface area (Å²) in [6, 6.07) is 49.7. The van der Waals surface area contributed by atoms with Crippen LogP contribution >= 0.6 is 11.3 Å². The van der Waals surface area contributed by atoms with Crippen molar-refractivity contribution in [3.05, 3.63) is 150 Å². The highest BCUT2D eigenvalue weighted by Gasteiger charge is 2.31. The van der Waals surface area contributed by atoms with E-state index in [1.54, 1.807) is 11.3 Å². The molecule has 0 aliphatic rings. The van der Waals surface area contributed by atoms with Crippen LogP contribution in [0.15, 0.2) is 149 Å². The van der Waals surface area contributed by atoms with Crippen LogP contribution in [0, 0.1) is 0 Å². The first kappa shape index (κ1) is 31.5. The van der Waals surface area contributed by atoms with Crippen molar-refractivity contribution in [3.8, 4) is 0 Å². The molecule has 10 rings (SSSR count). The van der Waals surface area contributed by atoms with Gasteiger partial charge in [0.1, 0.15) is 5.58 Å². The molecule has 0 aliphatic heterocycles. The van der Waals surface area contributed by atoms with Crippen molar-refractivity contribution in [1.82, 2.24) is 4.57 Å². The van der Waals surface area contributed by atoms with Crippen LogP contribution in [0.1, 0.15) is 30.3 Å². The van der Waals surface area contributed by atoms with Gasteiger partial charge in [0.25, 0.3) is 0 Å². The number of rotatable bonds is 4. The second-order valence-corrected chi connectivity index (χ2v) is 13.0. The van der Waals surface area contributed by atoms with Gasteiger partial charge in [0.05, 0.1) is 27.6 Å². The molecule has 0 saturated carbocycles. The van der Waals surface area contributed by atoms with Crippen LogP contribution < -0.4 is 5.73 Å². The number of furan rings is 1. The van der Waals surface area contributed by atoms with Crippen molar-refractivity contribution in [1.29, 1.82) is 0 Å². The number of para-hydroxylation sites is 1. The van der Waals surface area contributed by atoms with Gasteiger partial charge in [-0.3, -0.25) is 4.99 Å². The molecule has 244 valence electrons. The molecular formula is C45H37N3OS. The molecule has 10 aromatic rings. The number of nitrogens with two attached hydrogens (primary N) is 1. The van der Waals surface area contributed by atoms with Crippen LogP contribution in [0.2, 0.25) is 0 Å². The Balaban J connectivity index is 0.000000873. The number of hydrogen-bond acceptors (Lipinski definition) is 4. The number of hydrogen-bond donors (Lipinski definition) is 1. The number of fused-ring (bicyclic) bond motifs is 13. The van der Waals surface area contributed by atoms with Crippen molar-refractivity contribution >= 4 is 99.1 Å². The van der Waals surface area contributed by atoms with Gasteiger partial charge in [0, 0.05) is 37.0 Å². The minimum Gasteiger partial charge on any atom is -0.454 e. The van der Waals surface area contributed by atoms with E-state index in [9.17, 15) is 0 Å². The minimum absolute atomic E-state index is 0.192. The third-order valence-electron chi connectivity index (χ3n) is 9.54. The van der Waals surface area contributed by atoms with Crippen LogP contribution in [0.5, 0.6) is 0 Å². The van der Waals surface area contributed by atoms with E-state index in [0.717, 1.165) is 43.4 Å². The summed E-state index contributed by atoms with van der Waals surface area (Å²) in [5.74, 6) is 0. The second-order valence-electron chi connectivity index (χ2n) is 11.9. The first-order chi connectivity index (χ1) is 24.8. The standard InChI is InChI=1S/C42H26N2OS.C2H6.CH5N/c1-43-37-31-20-10-12-22-34(31)46-42(37)38(26-14-3-2-4-15-26)44-39-27-16-6-5-13-25(27)23-24-32(39)35-28-17-7-8-18-29(28)36-30-19-9-11-21-33(30)45-41(36)40(35)44;2*1-2/h2-24,38H,1H2;1-2H3;2H2,1H3. The van der Waals surface area contributed by atoms with Crippen LogP contribution in [0.4, 0.5) is 5.69 Å². The number of aromatic nitrogens is 1. The third kappa shape index (κ3) is 4.58. The first-order valence-corrected chi connectivity index (χ1v) is 17.9. The summed E-state index contributed by atoms with van der Waals surface area (Å²) < 4.78 is 10.7. The van der Waals surface area contributed by atoms with Crippen molar-refractivity contribution in [2.45, 2.75) is 19.9 Å². The fourth-order valence-corrected chi connectivity index (χ4v) is 8.96. The zero-order chi connectivity index (χ0) is 34.4. The molecule has 4 nitrogen and oxygen atoms in total. The normalized spacial score (nSPS) is 12.0. The maximum atomic E-state index is 6.94. The van der Waals surface area contributed by atoms with E-state index in [1.165, 1.54) is 55.1 Å². The maximum Gasteiger partial charge on any atom is 0.160 e. The predicted octanol–water partition coefficient (Wildman–Crippen LogP) is 12.8. The molecular weight excluding hydrogens is 631 g/mol. The Morgan fingerprint density at radius 2 is 1.20 bits per heavy atom. The van der Waals surface area contributed by atoms with Crippen molar-refractivity contribution in [2.75, 3.05) is 7.05 Å². The van der Waals surface area contributed by atoms with E-state index in [0.29, 0.717) is 0 Å². The molecule has 3 heterocycles. The Labute approximate surface area is 294 Å². The van der Waals surface area contributed by atoms with Gasteiger partial charge in [-0.25, -0.2) is 0 Å². The molecule has 5 heteroatoms. The largest absolute Gasteiger partial charge is 0.454 e. The van der Waals surface area contributed by atoms with E-state index >= 15 is 0 Å². The van der Waals surface area contributed by atoms with Gasteiger partial charge in [0.2, 0.25) is 0 Å². The summed E-state index contributed by atoms with van der Waals surface area (Å²) in [6.45, 7) is 8.09. The van der Waals surface area contributed by atoms with Gasteiger partial charge in [-0.15, -0.1) is 11.3 Å².